The first-order valence-corrected chi connectivity index (χ1v) is 5.11. The van der Waals surface area contributed by atoms with Gasteiger partial charge >= 0.3 is 5.97 Å². The predicted molar refractivity (Wildman–Crippen MR) is 58.3 cm³/mol. The highest BCUT2D eigenvalue weighted by Crippen LogP contribution is 2.00. The fourth-order valence-electron chi connectivity index (χ4n) is 1.03. The molecule has 0 aliphatic heterocycles. The molecule has 15 heavy (non-hydrogen) atoms. The van der Waals surface area contributed by atoms with Gasteiger partial charge in [0, 0.05) is 6.04 Å². The van der Waals surface area contributed by atoms with Gasteiger partial charge in [-0.1, -0.05) is 13.5 Å². The first-order valence-electron chi connectivity index (χ1n) is 5.11. The van der Waals surface area contributed by atoms with Crippen LogP contribution in [0.2, 0.25) is 0 Å². The summed E-state index contributed by atoms with van der Waals surface area (Å²) in [5.41, 5.74) is 0. The van der Waals surface area contributed by atoms with E-state index in [0.29, 0.717) is 6.61 Å². The Morgan fingerprint density at radius 3 is 2.47 bits per heavy atom. The van der Waals surface area contributed by atoms with E-state index >= 15 is 0 Å². The monoisotopic (exact) mass is 213 g/mol. The van der Waals surface area contributed by atoms with E-state index in [1.807, 2.05) is 20.8 Å². The molecule has 0 fully saturated rings. The molecule has 0 atom stereocenters. The molecule has 0 aliphatic carbocycles. The van der Waals surface area contributed by atoms with Crippen LogP contribution >= 0.6 is 0 Å². The summed E-state index contributed by atoms with van der Waals surface area (Å²) >= 11 is 0. The topological polar surface area (TPSA) is 46.6 Å². The summed E-state index contributed by atoms with van der Waals surface area (Å²) < 4.78 is 4.90. The highest BCUT2D eigenvalue weighted by molar-refractivity contribution is 5.90. The zero-order valence-corrected chi connectivity index (χ0v) is 9.66. The van der Waals surface area contributed by atoms with Crippen LogP contribution in [0.25, 0.3) is 0 Å². The van der Waals surface area contributed by atoms with Crippen LogP contribution in [-0.4, -0.2) is 36.0 Å². The SMILES string of the molecule is C=CC(=O)N(CC(=O)OCCC)C(C)C. The minimum absolute atomic E-state index is 0.0114. The number of rotatable bonds is 6. The van der Waals surface area contributed by atoms with Crippen molar-refractivity contribution in [1.29, 1.82) is 0 Å². The van der Waals surface area contributed by atoms with E-state index in [1.54, 1.807) is 0 Å². The third kappa shape index (κ3) is 5.20. The van der Waals surface area contributed by atoms with Crippen LogP contribution in [0.5, 0.6) is 0 Å². The fourth-order valence-corrected chi connectivity index (χ4v) is 1.03. The molecule has 0 aromatic rings. The number of ether oxygens (including phenoxy) is 1. The normalized spacial score (nSPS) is 9.87. The van der Waals surface area contributed by atoms with E-state index in [9.17, 15) is 9.59 Å². The van der Waals surface area contributed by atoms with Crippen LogP contribution < -0.4 is 0 Å². The molecule has 0 rings (SSSR count). The molecule has 0 aromatic heterocycles. The van der Waals surface area contributed by atoms with Gasteiger partial charge in [0.05, 0.1) is 6.61 Å². The summed E-state index contributed by atoms with van der Waals surface area (Å²) in [6.45, 7) is 9.38. The Labute approximate surface area is 90.9 Å². The van der Waals surface area contributed by atoms with Gasteiger partial charge in [0.25, 0.3) is 0 Å². The lowest BCUT2D eigenvalue weighted by Crippen LogP contribution is -2.40. The third-order valence-corrected chi connectivity index (χ3v) is 1.85. The van der Waals surface area contributed by atoms with Gasteiger partial charge in [-0.2, -0.15) is 0 Å². The van der Waals surface area contributed by atoms with Crippen molar-refractivity contribution < 1.29 is 14.3 Å². The third-order valence-electron chi connectivity index (χ3n) is 1.85. The van der Waals surface area contributed by atoms with Gasteiger partial charge in [-0.25, -0.2) is 0 Å². The number of hydrogen-bond acceptors (Lipinski definition) is 3. The van der Waals surface area contributed by atoms with Gasteiger partial charge in [0.15, 0.2) is 0 Å². The average Bonchev–Trinajstić information content (AvgIpc) is 2.21. The average molecular weight is 213 g/mol. The van der Waals surface area contributed by atoms with Crippen molar-refractivity contribution in [3.05, 3.63) is 12.7 Å². The van der Waals surface area contributed by atoms with Gasteiger partial charge < -0.3 is 9.64 Å². The molecule has 0 saturated carbocycles. The molecular weight excluding hydrogens is 194 g/mol. The highest BCUT2D eigenvalue weighted by atomic mass is 16.5. The summed E-state index contributed by atoms with van der Waals surface area (Å²) in [4.78, 5) is 24.1. The molecule has 0 aliphatic rings. The zero-order valence-electron chi connectivity index (χ0n) is 9.66. The van der Waals surface area contributed by atoms with E-state index in [2.05, 4.69) is 6.58 Å². The lowest BCUT2D eigenvalue weighted by Gasteiger charge is -2.24. The zero-order chi connectivity index (χ0) is 11.8. The van der Waals surface area contributed by atoms with Crippen LogP contribution in [0.1, 0.15) is 27.2 Å². The lowest BCUT2D eigenvalue weighted by molar-refractivity contribution is -0.149. The summed E-state index contributed by atoms with van der Waals surface area (Å²) in [5, 5.41) is 0. The minimum Gasteiger partial charge on any atom is -0.464 e. The maximum atomic E-state index is 11.4. The van der Waals surface area contributed by atoms with Crippen LogP contribution in [0.3, 0.4) is 0 Å². The molecule has 0 radical (unpaired) electrons. The Morgan fingerprint density at radius 2 is 2.07 bits per heavy atom. The van der Waals surface area contributed by atoms with Crippen molar-refractivity contribution in [2.24, 2.45) is 0 Å². The van der Waals surface area contributed by atoms with E-state index in [1.165, 1.54) is 11.0 Å². The molecule has 4 heteroatoms. The number of carbonyl (C=O) groups excluding carboxylic acids is 2. The van der Waals surface area contributed by atoms with Crippen LogP contribution in [0, 0.1) is 0 Å². The molecule has 86 valence electrons. The van der Waals surface area contributed by atoms with Gasteiger partial charge in [-0.3, -0.25) is 9.59 Å². The number of hydrogen-bond donors (Lipinski definition) is 0. The van der Waals surface area contributed by atoms with E-state index in [4.69, 9.17) is 4.74 Å². The number of nitrogens with zero attached hydrogens (tertiary/aromatic N) is 1. The molecule has 0 N–H and O–H groups in total. The van der Waals surface area contributed by atoms with Crippen LogP contribution in [0.4, 0.5) is 0 Å². The van der Waals surface area contributed by atoms with Crippen LogP contribution in [-0.2, 0) is 14.3 Å². The van der Waals surface area contributed by atoms with E-state index < -0.39 is 0 Å². The Bertz CT molecular complexity index is 236. The lowest BCUT2D eigenvalue weighted by atomic mass is 10.3. The highest BCUT2D eigenvalue weighted by Gasteiger charge is 2.18. The number of amides is 1. The van der Waals surface area contributed by atoms with Gasteiger partial charge in [0.2, 0.25) is 5.91 Å². The minimum atomic E-state index is -0.374. The first-order chi connectivity index (χ1) is 7.02. The molecule has 0 bridgehead atoms. The van der Waals surface area contributed by atoms with Gasteiger partial charge in [-0.05, 0) is 26.3 Å². The quantitative estimate of drug-likeness (QED) is 0.494. The molecule has 0 heterocycles. The molecule has 0 spiro atoms. The Kier molecular flexibility index (Phi) is 6.42. The smallest absolute Gasteiger partial charge is 0.325 e. The molecular formula is C11H19NO3. The number of esters is 1. The standard InChI is InChI=1S/C11H19NO3/c1-5-7-15-11(14)8-12(9(3)4)10(13)6-2/h6,9H,2,5,7-8H2,1,3-4H3. The first kappa shape index (κ1) is 13.7. The predicted octanol–water partition coefficient (Wildman–Crippen LogP) is 1.36. The molecule has 1 amide bonds. The van der Waals surface area contributed by atoms with Crippen molar-refractivity contribution in [1.82, 2.24) is 4.90 Å². The molecule has 0 unspecified atom stereocenters. The summed E-state index contributed by atoms with van der Waals surface area (Å²) in [7, 11) is 0. The summed E-state index contributed by atoms with van der Waals surface area (Å²) in [6, 6.07) is -0.0373. The second kappa shape index (κ2) is 7.04. The molecule has 0 saturated heterocycles. The van der Waals surface area contributed by atoms with Crippen molar-refractivity contribution in [2.45, 2.75) is 33.2 Å². The van der Waals surface area contributed by atoms with Crippen molar-refractivity contribution in [3.8, 4) is 0 Å². The van der Waals surface area contributed by atoms with E-state index in [0.717, 1.165) is 6.42 Å². The molecule has 0 aromatic carbocycles. The summed E-state index contributed by atoms with van der Waals surface area (Å²) in [5.74, 6) is -0.626. The second-order valence-corrected chi connectivity index (χ2v) is 3.48. The maximum absolute atomic E-state index is 11.4. The fraction of sp³-hybridized carbons (Fsp3) is 0.636. The second-order valence-electron chi connectivity index (χ2n) is 3.48. The van der Waals surface area contributed by atoms with Crippen molar-refractivity contribution >= 4 is 11.9 Å². The molecule has 4 nitrogen and oxygen atoms in total. The Balaban J connectivity index is 4.22. The number of carbonyl (C=O) groups is 2. The van der Waals surface area contributed by atoms with Gasteiger partial charge in [-0.15, -0.1) is 0 Å². The van der Waals surface area contributed by atoms with Crippen molar-refractivity contribution in [3.63, 3.8) is 0 Å². The Morgan fingerprint density at radius 1 is 1.47 bits per heavy atom. The van der Waals surface area contributed by atoms with Gasteiger partial charge in [0.1, 0.15) is 6.54 Å². The van der Waals surface area contributed by atoms with E-state index in [-0.39, 0.29) is 24.5 Å². The largest absolute Gasteiger partial charge is 0.464 e. The maximum Gasteiger partial charge on any atom is 0.325 e. The van der Waals surface area contributed by atoms with Crippen molar-refractivity contribution in [2.75, 3.05) is 13.2 Å². The summed E-state index contributed by atoms with van der Waals surface area (Å²) in [6.07, 6.45) is 1.98. The Hall–Kier alpha value is -1.32. The van der Waals surface area contributed by atoms with Crippen LogP contribution in [0.15, 0.2) is 12.7 Å².